The summed E-state index contributed by atoms with van der Waals surface area (Å²) in [4.78, 5) is 21.1. The number of nitrogens with zero attached hydrogens (tertiary/aromatic N) is 1. The molecule has 8 heteroatoms. The fourth-order valence-electron chi connectivity index (χ4n) is 2.08. The Morgan fingerprint density at radius 1 is 1.08 bits per heavy atom. The van der Waals surface area contributed by atoms with Crippen molar-refractivity contribution in [3.63, 3.8) is 0 Å². The van der Waals surface area contributed by atoms with Crippen LogP contribution < -0.4 is 10.5 Å². The van der Waals surface area contributed by atoms with Gasteiger partial charge in [0, 0.05) is 6.07 Å². The molecule has 0 heterocycles. The van der Waals surface area contributed by atoms with Gasteiger partial charge in [0.2, 0.25) is 0 Å². The van der Waals surface area contributed by atoms with Crippen molar-refractivity contribution in [1.82, 2.24) is 0 Å². The third-order valence-corrected chi connectivity index (χ3v) is 3.23. The Balaban J connectivity index is 1.85. The number of carbonyl (C=O) groups is 1. The van der Waals surface area contributed by atoms with E-state index >= 15 is 0 Å². The van der Waals surface area contributed by atoms with Crippen LogP contribution in [-0.2, 0) is 22.7 Å². The highest BCUT2D eigenvalue weighted by atomic mass is 16.6. The first kappa shape index (κ1) is 18.2. The predicted molar refractivity (Wildman–Crippen MR) is 89.1 cm³/mol. The molecule has 8 nitrogen and oxygen atoms in total. The van der Waals surface area contributed by atoms with Crippen molar-refractivity contribution in [2.24, 2.45) is 5.73 Å². The van der Waals surface area contributed by atoms with E-state index in [0.717, 1.165) is 5.56 Å². The van der Waals surface area contributed by atoms with Crippen molar-refractivity contribution in [2.45, 2.75) is 13.2 Å². The van der Waals surface area contributed by atoms with E-state index in [2.05, 4.69) is 4.74 Å². The second-order valence-corrected chi connectivity index (χ2v) is 5.04. The summed E-state index contributed by atoms with van der Waals surface area (Å²) in [6.07, 6.45) is -1.00. The lowest BCUT2D eigenvalue weighted by molar-refractivity contribution is -0.385. The summed E-state index contributed by atoms with van der Waals surface area (Å²) in [5.41, 5.74) is 5.97. The van der Waals surface area contributed by atoms with Crippen LogP contribution in [0.2, 0.25) is 0 Å². The largest absolute Gasteiger partial charge is 0.491 e. The zero-order valence-corrected chi connectivity index (χ0v) is 13.4. The molecule has 25 heavy (non-hydrogen) atoms. The molecule has 1 amide bonds. The first-order valence-electron chi connectivity index (χ1n) is 7.50. The normalized spacial score (nSPS) is 10.2. The standard InChI is InChI=1S/C17H18N2O6/c18-17(20)25-12-14-10-15(6-7-16(14)19(21)22)24-9-8-23-11-13-4-2-1-3-5-13/h1-7,10H,8-9,11-12H2,(H2,18,20). The Morgan fingerprint density at radius 3 is 2.52 bits per heavy atom. The summed E-state index contributed by atoms with van der Waals surface area (Å²) in [6.45, 7) is 0.815. The van der Waals surface area contributed by atoms with E-state index in [9.17, 15) is 14.9 Å². The number of amides is 1. The lowest BCUT2D eigenvalue weighted by Crippen LogP contribution is -2.13. The van der Waals surface area contributed by atoms with Crippen LogP contribution in [0.1, 0.15) is 11.1 Å². The number of nitrogens with two attached hydrogens (primary N) is 1. The molecular formula is C17H18N2O6. The Labute approximate surface area is 144 Å². The minimum atomic E-state index is -1.00. The van der Waals surface area contributed by atoms with Gasteiger partial charge in [-0.1, -0.05) is 30.3 Å². The molecule has 0 unspecified atom stereocenters. The molecule has 2 aromatic carbocycles. The summed E-state index contributed by atoms with van der Waals surface area (Å²) < 4.78 is 15.6. The lowest BCUT2D eigenvalue weighted by Gasteiger charge is -2.09. The summed E-state index contributed by atoms with van der Waals surface area (Å²) in [5.74, 6) is 0.414. The third-order valence-electron chi connectivity index (χ3n) is 3.23. The quantitative estimate of drug-likeness (QED) is 0.424. The van der Waals surface area contributed by atoms with Gasteiger partial charge in [0.1, 0.15) is 19.0 Å². The van der Waals surface area contributed by atoms with E-state index < -0.39 is 11.0 Å². The Kier molecular flexibility index (Phi) is 6.73. The van der Waals surface area contributed by atoms with Gasteiger partial charge in [-0.25, -0.2) is 4.79 Å². The molecule has 2 N–H and O–H groups in total. The molecule has 0 radical (unpaired) electrons. The average Bonchev–Trinajstić information content (AvgIpc) is 2.60. The Hall–Kier alpha value is -3.13. The van der Waals surface area contributed by atoms with Crippen molar-refractivity contribution in [3.8, 4) is 5.75 Å². The Bertz CT molecular complexity index is 720. The molecule has 0 saturated carbocycles. The number of nitro groups is 1. The molecule has 0 atom stereocenters. The molecule has 2 aromatic rings. The Morgan fingerprint density at radius 2 is 1.84 bits per heavy atom. The highest BCUT2D eigenvalue weighted by molar-refractivity contribution is 5.64. The van der Waals surface area contributed by atoms with Gasteiger partial charge in [-0.2, -0.15) is 0 Å². The van der Waals surface area contributed by atoms with Crippen molar-refractivity contribution in [2.75, 3.05) is 13.2 Å². The van der Waals surface area contributed by atoms with Crippen LogP contribution in [0.5, 0.6) is 5.75 Å². The van der Waals surface area contributed by atoms with Crippen LogP contribution in [0.4, 0.5) is 10.5 Å². The smallest absolute Gasteiger partial charge is 0.404 e. The number of rotatable bonds is 9. The zero-order valence-electron chi connectivity index (χ0n) is 13.4. The van der Waals surface area contributed by atoms with E-state index in [1.54, 1.807) is 0 Å². The summed E-state index contributed by atoms with van der Waals surface area (Å²) in [6, 6.07) is 13.9. The van der Waals surface area contributed by atoms with Gasteiger partial charge in [-0.05, 0) is 17.7 Å². The van der Waals surface area contributed by atoms with Gasteiger partial charge in [0.15, 0.2) is 0 Å². The van der Waals surface area contributed by atoms with E-state index in [0.29, 0.717) is 19.0 Å². The number of carbonyl (C=O) groups excluding carboxylic acids is 1. The maximum Gasteiger partial charge on any atom is 0.404 e. The number of primary amides is 1. The first-order chi connectivity index (χ1) is 12.1. The summed E-state index contributed by atoms with van der Waals surface area (Å²) >= 11 is 0. The maximum absolute atomic E-state index is 11.0. The van der Waals surface area contributed by atoms with Crippen LogP contribution in [0.3, 0.4) is 0 Å². The molecule has 0 aliphatic heterocycles. The number of nitro benzene ring substituents is 1. The van der Waals surface area contributed by atoms with Gasteiger partial charge >= 0.3 is 6.09 Å². The van der Waals surface area contributed by atoms with E-state index in [-0.39, 0.29) is 24.5 Å². The third kappa shape index (κ3) is 6.11. The topological polar surface area (TPSA) is 114 Å². The van der Waals surface area contributed by atoms with Crippen LogP contribution in [0, 0.1) is 10.1 Å². The van der Waals surface area contributed by atoms with Crippen LogP contribution in [0.25, 0.3) is 0 Å². The minimum absolute atomic E-state index is 0.172. The SMILES string of the molecule is NC(=O)OCc1cc(OCCOCc2ccccc2)ccc1[N+](=O)[O-]. The van der Waals surface area contributed by atoms with E-state index in [1.165, 1.54) is 18.2 Å². The monoisotopic (exact) mass is 346 g/mol. The first-order valence-corrected chi connectivity index (χ1v) is 7.50. The van der Waals surface area contributed by atoms with Crippen molar-refractivity contribution in [3.05, 3.63) is 69.8 Å². The fraction of sp³-hybridized carbons (Fsp3) is 0.235. The van der Waals surface area contributed by atoms with Gasteiger partial charge in [0.25, 0.3) is 5.69 Å². The second-order valence-electron chi connectivity index (χ2n) is 5.04. The minimum Gasteiger partial charge on any atom is -0.491 e. The molecule has 132 valence electrons. The second kappa shape index (κ2) is 9.24. The number of hydrogen-bond acceptors (Lipinski definition) is 6. The molecule has 0 aliphatic rings. The fourth-order valence-corrected chi connectivity index (χ4v) is 2.08. The molecule has 0 aromatic heterocycles. The summed E-state index contributed by atoms with van der Waals surface area (Å²) in [7, 11) is 0. The molecular weight excluding hydrogens is 328 g/mol. The van der Waals surface area contributed by atoms with Gasteiger partial charge < -0.3 is 19.9 Å². The van der Waals surface area contributed by atoms with Gasteiger partial charge in [-0.3, -0.25) is 10.1 Å². The average molecular weight is 346 g/mol. The van der Waals surface area contributed by atoms with E-state index in [1.807, 2.05) is 30.3 Å². The van der Waals surface area contributed by atoms with Gasteiger partial charge in [0.05, 0.1) is 23.7 Å². The van der Waals surface area contributed by atoms with Crippen molar-refractivity contribution < 1.29 is 23.9 Å². The van der Waals surface area contributed by atoms with Crippen molar-refractivity contribution in [1.29, 1.82) is 0 Å². The van der Waals surface area contributed by atoms with E-state index in [4.69, 9.17) is 15.2 Å². The zero-order chi connectivity index (χ0) is 18.1. The maximum atomic E-state index is 11.0. The number of hydrogen-bond donors (Lipinski definition) is 1. The van der Waals surface area contributed by atoms with Gasteiger partial charge in [-0.15, -0.1) is 0 Å². The molecule has 0 spiro atoms. The lowest BCUT2D eigenvalue weighted by atomic mass is 10.2. The highest BCUT2D eigenvalue weighted by Gasteiger charge is 2.16. The molecule has 0 bridgehead atoms. The van der Waals surface area contributed by atoms with Crippen molar-refractivity contribution >= 4 is 11.8 Å². The number of ether oxygens (including phenoxy) is 3. The molecule has 0 aliphatic carbocycles. The van der Waals surface area contributed by atoms with Crippen LogP contribution in [-0.4, -0.2) is 24.2 Å². The molecule has 0 fully saturated rings. The predicted octanol–water partition coefficient (Wildman–Crippen LogP) is 2.79. The number of benzene rings is 2. The molecule has 2 rings (SSSR count). The molecule has 0 saturated heterocycles. The highest BCUT2D eigenvalue weighted by Crippen LogP contribution is 2.24. The summed E-state index contributed by atoms with van der Waals surface area (Å²) in [5, 5.41) is 11.0. The van der Waals surface area contributed by atoms with Crippen LogP contribution in [0.15, 0.2) is 48.5 Å². The van der Waals surface area contributed by atoms with Crippen LogP contribution >= 0.6 is 0 Å².